The van der Waals surface area contributed by atoms with Gasteiger partial charge in [-0.1, -0.05) is 30.3 Å². The number of hydrogen-bond donors (Lipinski definition) is 2. The zero-order valence-electron chi connectivity index (χ0n) is 20.7. The van der Waals surface area contributed by atoms with Crippen LogP contribution in [0.1, 0.15) is 17.3 Å². The highest BCUT2D eigenvalue weighted by Gasteiger charge is 2.11. The predicted octanol–water partition coefficient (Wildman–Crippen LogP) is 5.68. The Labute approximate surface area is 224 Å². The number of ether oxygens (including phenoxy) is 1. The van der Waals surface area contributed by atoms with Crippen LogP contribution in [0.5, 0.6) is 5.75 Å². The van der Waals surface area contributed by atoms with Gasteiger partial charge in [0.25, 0.3) is 5.91 Å². The van der Waals surface area contributed by atoms with E-state index in [0.717, 1.165) is 45.3 Å². The van der Waals surface area contributed by atoms with E-state index in [1.807, 2.05) is 74.4 Å². The summed E-state index contributed by atoms with van der Waals surface area (Å²) in [5.74, 6) is 1.23. The number of nitrogens with two attached hydrogens (primary N) is 1. The van der Waals surface area contributed by atoms with E-state index >= 15 is 0 Å². The normalized spacial score (nSPS) is 10.4. The smallest absolute Gasteiger partial charge is 0.251 e. The molecule has 0 aliphatic carbocycles. The van der Waals surface area contributed by atoms with Gasteiger partial charge in [-0.3, -0.25) is 4.79 Å². The van der Waals surface area contributed by atoms with Crippen molar-refractivity contribution in [3.63, 3.8) is 0 Å². The number of rotatable bonds is 8. The molecule has 3 N–H and O–H groups in total. The number of amides is 1. The van der Waals surface area contributed by atoms with Gasteiger partial charge in [-0.05, 0) is 79.3 Å². The average Bonchev–Trinajstić information content (AvgIpc) is 2.84. The molecule has 0 aliphatic rings. The van der Waals surface area contributed by atoms with Crippen molar-refractivity contribution in [2.75, 3.05) is 39.5 Å². The van der Waals surface area contributed by atoms with Gasteiger partial charge < -0.3 is 20.7 Å². The van der Waals surface area contributed by atoms with Crippen LogP contribution < -0.4 is 15.8 Å². The lowest BCUT2D eigenvalue weighted by Crippen LogP contribution is -2.31. The molecule has 36 heavy (non-hydrogen) atoms. The van der Waals surface area contributed by atoms with Crippen LogP contribution in [0.4, 0.5) is 5.82 Å². The van der Waals surface area contributed by atoms with Gasteiger partial charge in [0.05, 0.1) is 6.61 Å². The number of carbonyl (C=O) groups is 1. The van der Waals surface area contributed by atoms with Gasteiger partial charge in [0.1, 0.15) is 11.6 Å². The van der Waals surface area contributed by atoms with Crippen LogP contribution in [0.25, 0.3) is 33.0 Å². The number of anilines is 1. The fourth-order valence-electron chi connectivity index (χ4n) is 3.85. The Balaban J connectivity index is 0.00000228. The lowest BCUT2D eigenvalue weighted by Gasteiger charge is -2.12. The Morgan fingerprint density at radius 3 is 2.44 bits per heavy atom. The fourth-order valence-corrected chi connectivity index (χ4v) is 3.85. The molecule has 0 fully saturated rings. The van der Waals surface area contributed by atoms with E-state index in [1.165, 1.54) is 0 Å². The van der Waals surface area contributed by atoms with Crippen LogP contribution in [-0.2, 0) is 0 Å². The van der Waals surface area contributed by atoms with Gasteiger partial charge in [0.2, 0.25) is 0 Å². The number of hydrogen-bond acceptors (Lipinski definition) is 5. The molecular formula is C28H32Cl2N4O2. The third-order valence-electron chi connectivity index (χ3n) is 5.65. The molecule has 1 amide bonds. The molecule has 0 atom stereocenters. The van der Waals surface area contributed by atoms with E-state index in [4.69, 9.17) is 10.5 Å². The predicted molar refractivity (Wildman–Crippen MR) is 154 cm³/mol. The van der Waals surface area contributed by atoms with Gasteiger partial charge in [0, 0.05) is 36.0 Å². The fraction of sp³-hybridized carbons (Fsp3) is 0.214. The molecule has 0 saturated heterocycles. The minimum absolute atomic E-state index is 0. The maximum absolute atomic E-state index is 12.6. The summed E-state index contributed by atoms with van der Waals surface area (Å²) < 4.78 is 5.61. The summed E-state index contributed by atoms with van der Waals surface area (Å²) in [4.78, 5) is 19.0. The molecule has 190 valence electrons. The third-order valence-corrected chi connectivity index (χ3v) is 5.65. The lowest BCUT2D eigenvalue weighted by molar-refractivity contribution is 0.0951. The first kappa shape index (κ1) is 28.9. The Kier molecular flexibility index (Phi) is 10.5. The SMILES string of the molecule is CCOc1ccc2cc(-c3cc(-c4cccc(C(=O)NCCN(C)C)c4)cnc3N)ccc2c1.Cl.Cl. The van der Waals surface area contributed by atoms with Crippen molar-refractivity contribution >= 4 is 47.3 Å². The van der Waals surface area contributed by atoms with Crippen LogP contribution in [-0.4, -0.2) is 49.6 Å². The van der Waals surface area contributed by atoms with E-state index in [-0.39, 0.29) is 30.7 Å². The molecular weight excluding hydrogens is 495 g/mol. The number of halogens is 2. The second-order valence-corrected chi connectivity index (χ2v) is 8.45. The molecule has 0 aliphatic heterocycles. The van der Waals surface area contributed by atoms with E-state index in [1.54, 1.807) is 6.20 Å². The molecule has 0 unspecified atom stereocenters. The molecule has 6 nitrogen and oxygen atoms in total. The molecule has 4 rings (SSSR count). The summed E-state index contributed by atoms with van der Waals surface area (Å²) >= 11 is 0. The number of likely N-dealkylation sites (N-methyl/N-ethyl adjacent to an activating group) is 1. The summed E-state index contributed by atoms with van der Waals surface area (Å²) in [6.45, 7) is 3.99. The number of nitrogens with zero attached hydrogens (tertiary/aromatic N) is 2. The van der Waals surface area contributed by atoms with Crippen LogP contribution in [0.2, 0.25) is 0 Å². The van der Waals surface area contributed by atoms with Gasteiger partial charge in [-0.15, -0.1) is 24.8 Å². The second kappa shape index (κ2) is 13.1. The zero-order chi connectivity index (χ0) is 24.1. The minimum Gasteiger partial charge on any atom is -0.494 e. The average molecular weight is 527 g/mol. The Bertz CT molecular complexity index is 1330. The van der Waals surface area contributed by atoms with E-state index in [9.17, 15) is 4.79 Å². The Morgan fingerprint density at radius 2 is 1.69 bits per heavy atom. The van der Waals surface area contributed by atoms with Crippen molar-refractivity contribution < 1.29 is 9.53 Å². The van der Waals surface area contributed by atoms with E-state index in [2.05, 4.69) is 28.5 Å². The molecule has 0 spiro atoms. The minimum atomic E-state index is -0.0896. The van der Waals surface area contributed by atoms with Crippen molar-refractivity contribution in [2.45, 2.75) is 6.92 Å². The molecule has 0 saturated carbocycles. The van der Waals surface area contributed by atoms with Gasteiger partial charge in [-0.2, -0.15) is 0 Å². The Hall–Kier alpha value is -3.32. The maximum Gasteiger partial charge on any atom is 0.251 e. The van der Waals surface area contributed by atoms with Crippen molar-refractivity contribution in [1.82, 2.24) is 15.2 Å². The molecule has 1 heterocycles. The molecule has 0 radical (unpaired) electrons. The number of carbonyl (C=O) groups excluding carboxylic acids is 1. The highest BCUT2D eigenvalue weighted by Crippen LogP contribution is 2.32. The van der Waals surface area contributed by atoms with Crippen LogP contribution in [0.3, 0.4) is 0 Å². The molecule has 1 aromatic heterocycles. The Morgan fingerprint density at radius 1 is 0.944 bits per heavy atom. The van der Waals surface area contributed by atoms with Crippen molar-refractivity contribution in [3.05, 3.63) is 78.5 Å². The van der Waals surface area contributed by atoms with Crippen molar-refractivity contribution in [2.24, 2.45) is 0 Å². The van der Waals surface area contributed by atoms with Gasteiger partial charge >= 0.3 is 0 Å². The summed E-state index contributed by atoms with van der Waals surface area (Å²) in [6, 6.07) is 21.9. The first-order valence-corrected chi connectivity index (χ1v) is 11.4. The number of nitrogens with one attached hydrogen (secondary N) is 1. The first-order chi connectivity index (χ1) is 16.4. The molecule has 4 aromatic rings. The van der Waals surface area contributed by atoms with Crippen LogP contribution >= 0.6 is 24.8 Å². The van der Waals surface area contributed by atoms with E-state index in [0.29, 0.717) is 24.5 Å². The quantitative estimate of drug-likeness (QED) is 0.308. The summed E-state index contributed by atoms with van der Waals surface area (Å²) in [5, 5.41) is 5.16. The second-order valence-electron chi connectivity index (χ2n) is 8.45. The lowest BCUT2D eigenvalue weighted by atomic mass is 9.98. The number of nitrogen functional groups attached to an aromatic ring is 1. The summed E-state index contributed by atoms with van der Waals surface area (Å²) in [5.41, 5.74) is 10.5. The largest absolute Gasteiger partial charge is 0.494 e. The first-order valence-electron chi connectivity index (χ1n) is 11.4. The third kappa shape index (κ3) is 6.88. The topological polar surface area (TPSA) is 80.5 Å². The molecule has 0 bridgehead atoms. The number of benzene rings is 3. The molecule has 3 aromatic carbocycles. The monoisotopic (exact) mass is 526 g/mol. The highest BCUT2D eigenvalue weighted by atomic mass is 35.5. The number of pyridine rings is 1. The van der Waals surface area contributed by atoms with Crippen molar-refractivity contribution in [1.29, 1.82) is 0 Å². The van der Waals surface area contributed by atoms with Crippen molar-refractivity contribution in [3.8, 4) is 28.0 Å². The highest BCUT2D eigenvalue weighted by molar-refractivity contribution is 5.96. The standard InChI is InChI=1S/C28H30N4O2.2ClH/c1-4-34-25-11-10-20-14-22(9-8-21(20)16-25)26-17-24(18-31-27(26)29)19-6-5-7-23(15-19)28(33)30-12-13-32(2)3;;/h5-11,14-18H,4,12-13H2,1-3H3,(H2,29,31)(H,30,33);2*1H. The summed E-state index contributed by atoms with van der Waals surface area (Å²) in [6.07, 6.45) is 1.75. The van der Waals surface area contributed by atoms with Gasteiger partial charge in [0.15, 0.2) is 0 Å². The van der Waals surface area contributed by atoms with E-state index < -0.39 is 0 Å². The van der Waals surface area contributed by atoms with Crippen LogP contribution in [0.15, 0.2) is 72.9 Å². The summed E-state index contributed by atoms with van der Waals surface area (Å²) in [7, 11) is 3.96. The van der Waals surface area contributed by atoms with Gasteiger partial charge in [-0.25, -0.2) is 4.98 Å². The van der Waals surface area contributed by atoms with Crippen LogP contribution in [0, 0.1) is 0 Å². The molecule has 8 heteroatoms. The number of aromatic nitrogens is 1. The zero-order valence-corrected chi connectivity index (χ0v) is 22.3. The number of fused-ring (bicyclic) bond motifs is 1. The maximum atomic E-state index is 12.6.